The number of methoxy groups -OCH3 is 1. The first-order valence-electron chi connectivity index (χ1n) is 13.4. The van der Waals surface area contributed by atoms with Gasteiger partial charge in [-0.15, -0.1) is 0 Å². The molecule has 0 bridgehead atoms. The highest BCUT2D eigenvalue weighted by Gasteiger charge is 2.26. The number of halogens is 1. The Balaban J connectivity index is 1.42. The van der Waals surface area contributed by atoms with E-state index in [-0.39, 0.29) is 35.4 Å². The first-order valence-corrected chi connectivity index (χ1v) is 14.9. The van der Waals surface area contributed by atoms with E-state index in [9.17, 15) is 22.4 Å². The summed E-state index contributed by atoms with van der Waals surface area (Å²) >= 11 is 0. The quantitative estimate of drug-likeness (QED) is 0.228. The fourth-order valence-corrected chi connectivity index (χ4v) is 5.18. The van der Waals surface area contributed by atoms with Crippen molar-refractivity contribution in [3.8, 4) is 11.5 Å². The second-order valence-corrected chi connectivity index (χ2v) is 11.3. The molecule has 9 nitrogen and oxygen atoms in total. The van der Waals surface area contributed by atoms with Gasteiger partial charge in [-0.1, -0.05) is 42.5 Å². The van der Waals surface area contributed by atoms with Gasteiger partial charge in [0, 0.05) is 18.8 Å². The van der Waals surface area contributed by atoms with Gasteiger partial charge in [0.1, 0.15) is 23.4 Å². The lowest BCUT2D eigenvalue weighted by molar-refractivity contribution is -0.142. The van der Waals surface area contributed by atoms with E-state index in [4.69, 9.17) is 9.47 Å². The summed E-state index contributed by atoms with van der Waals surface area (Å²) < 4.78 is 51.8. The van der Waals surface area contributed by atoms with Crippen molar-refractivity contribution in [1.82, 2.24) is 10.2 Å². The van der Waals surface area contributed by atoms with Crippen LogP contribution >= 0.6 is 0 Å². The number of ether oxygens (including phenoxy) is 2. The highest BCUT2D eigenvalue weighted by atomic mass is 32.2. The van der Waals surface area contributed by atoms with Gasteiger partial charge in [-0.25, -0.2) is 12.8 Å². The Labute approximate surface area is 250 Å². The van der Waals surface area contributed by atoms with Crippen LogP contribution in [0, 0.1) is 5.82 Å². The molecule has 0 heterocycles. The molecule has 4 aromatic rings. The fourth-order valence-electron chi connectivity index (χ4n) is 4.12. The summed E-state index contributed by atoms with van der Waals surface area (Å²) in [7, 11) is -2.37. The minimum Gasteiger partial charge on any atom is -0.497 e. The van der Waals surface area contributed by atoms with Gasteiger partial charge in [0.25, 0.3) is 15.9 Å². The highest BCUT2D eigenvalue weighted by molar-refractivity contribution is 7.92. The van der Waals surface area contributed by atoms with Gasteiger partial charge in [0.05, 0.1) is 12.0 Å². The van der Waals surface area contributed by atoms with Crippen LogP contribution in [0.5, 0.6) is 11.5 Å². The van der Waals surface area contributed by atoms with Crippen molar-refractivity contribution in [1.29, 1.82) is 0 Å². The molecule has 224 valence electrons. The van der Waals surface area contributed by atoms with Crippen LogP contribution in [0.2, 0.25) is 0 Å². The Bertz CT molecular complexity index is 1610. The Morgan fingerprint density at radius 2 is 1.47 bits per heavy atom. The molecule has 4 aromatic carbocycles. The van der Waals surface area contributed by atoms with E-state index in [0.29, 0.717) is 12.3 Å². The number of benzene rings is 4. The van der Waals surface area contributed by atoms with Gasteiger partial charge < -0.3 is 19.7 Å². The predicted octanol–water partition coefficient (Wildman–Crippen LogP) is 4.75. The molecule has 2 N–H and O–H groups in total. The molecule has 0 aliphatic rings. The smallest absolute Gasteiger partial charge is 0.261 e. The highest BCUT2D eigenvalue weighted by Crippen LogP contribution is 2.20. The molecule has 0 aliphatic carbocycles. The maximum atomic E-state index is 13.4. The van der Waals surface area contributed by atoms with Crippen LogP contribution in [-0.2, 0) is 32.7 Å². The summed E-state index contributed by atoms with van der Waals surface area (Å²) in [6.07, 6.45) is 0. The average Bonchev–Trinajstić information content (AvgIpc) is 3.03. The summed E-state index contributed by atoms with van der Waals surface area (Å²) in [6.45, 7) is 1.73. The summed E-state index contributed by atoms with van der Waals surface area (Å²) in [4.78, 5) is 27.8. The normalized spacial score (nSPS) is 11.7. The standard InChI is InChI=1S/C32H32FN3O6S/c1-23(32(38)34-20-24-6-4-3-5-7-24)36(21-25-8-14-28(41-2)15-9-25)31(37)22-42-29-16-18-30(19-17-29)43(39,40)35-27-12-10-26(33)11-13-27/h3-19,23,35H,20-22H2,1-2H3,(H,34,38)/t23-/m1/s1. The molecule has 1 atom stereocenters. The summed E-state index contributed by atoms with van der Waals surface area (Å²) in [5.41, 5.74) is 1.93. The number of sulfonamides is 1. The Morgan fingerprint density at radius 3 is 2.09 bits per heavy atom. The van der Waals surface area contributed by atoms with Crippen LogP contribution in [0.1, 0.15) is 18.1 Å². The lowest BCUT2D eigenvalue weighted by atomic mass is 10.1. The van der Waals surface area contributed by atoms with E-state index >= 15 is 0 Å². The third-order valence-electron chi connectivity index (χ3n) is 6.58. The SMILES string of the molecule is COc1ccc(CN(C(=O)COc2ccc(S(=O)(=O)Nc3ccc(F)cc3)cc2)[C@H](C)C(=O)NCc2ccccc2)cc1. The second-order valence-electron chi connectivity index (χ2n) is 9.62. The van der Waals surface area contributed by atoms with Crippen molar-refractivity contribution in [3.05, 3.63) is 120 Å². The molecule has 11 heteroatoms. The minimum atomic E-state index is -3.93. The van der Waals surface area contributed by atoms with E-state index < -0.39 is 27.8 Å². The number of anilines is 1. The zero-order valence-electron chi connectivity index (χ0n) is 23.7. The third-order valence-corrected chi connectivity index (χ3v) is 7.98. The minimum absolute atomic E-state index is 0.0413. The molecule has 0 saturated heterocycles. The number of amides is 2. The lowest BCUT2D eigenvalue weighted by Crippen LogP contribution is -2.48. The van der Waals surface area contributed by atoms with Gasteiger partial charge in [-0.05, 0) is 78.7 Å². The molecule has 4 rings (SSSR count). The fraction of sp³-hybridized carbons (Fsp3) is 0.188. The number of nitrogens with one attached hydrogen (secondary N) is 2. The molecular formula is C32H32FN3O6S. The largest absolute Gasteiger partial charge is 0.497 e. The van der Waals surface area contributed by atoms with Gasteiger partial charge in [-0.2, -0.15) is 0 Å². The van der Waals surface area contributed by atoms with Crippen LogP contribution in [0.3, 0.4) is 0 Å². The van der Waals surface area contributed by atoms with Crippen LogP contribution in [0.4, 0.5) is 10.1 Å². The molecule has 0 radical (unpaired) electrons. The van der Waals surface area contributed by atoms with Crippen molar-refractivity contribution in [3.63, 3.8) is 0 Å². The molecule has 0 saturated carbocycles. The van der Waals surface area contributed by atoms with E-state index in [1.807, 2.05) is 42.5 Å². The Kier molecular flexibility index (Phi) is 10.3. The Morgan fingerprint density at radius 1 is 0.837 bits per heavy atom. The number of nitrogens with zero attached hydrogens (tertiary/aromatic N) is 1. The zero-order valence-corrected chi connectivity index (χ0v) is 24.5. The average molecular weight is 606 g/mol. The van der Waals surface area contributed by atoms with Gasteiger partial charge in [0.15, 0.2) is 6.61 Å². The van der Waals surface area contributed by atoms with E-state index in [1.165, 1.54) is 41.3 Å². The molecule has 0 aliphatic heterocycles. The van der Waals surface area contributed by atoms with E-state index in [1.54, 1.807) is 26.2 Å². The summed E-state index contributed by atoms with van der Waals surface area (Å²) in [5.74, 6) is -0.317. The van der Waals surface area contributed by atoms with Crippen LogP contribution in [-0.4, -0.2) is 44.9 Å². The van der Waals surface area contributed by atoms with Crippen molar-refractivity contribution in [2.45, 2.75) is 31.0 Å². The molecule has 0 spiro atoms. The van der Waals surface area contributed by atoms with E-state index in [2.05, 4.69) is 10.0 Å². The van der Waals surface area contributed by atoms with Gasteiger partial charge in [0.2, 0.25) is 5.91 Å². The monoisotopic (exact) mass is 605 g/mol. The number of hydrogen-bond donors (Lipinski definition) is 2. The number of rotatable bonds is 13. The molecule has 0 fully saturated rings. The predicted molar refractivity (Wildman–Crippen MR) is 160 cm³/mol. The van der Waals surface area contributed by atoms with Crippen LogP contribution in [0.25, 0.3) is 0 Å². The number of hydrogen-bond acceptors (Lipinski definition) is 6. The first kappa shape index (κ1) is 31.0. The van der Waals surface area contributed by atoms with Crippen molar-refractivity contribution in [2.75, 3.05) is 18.4 Å². The number of carbonyl (C=O) groups excluding carboxylic acids is 2. The van der Waals surface area contributed by atoms with Crippen molar-refractivity contribution in [2.24, 2.45) is 0 Å². The lowest BCUT2D eigenvalue weighted by Gasteiger charge is -2.29. The van der Waals surface area contributed by atoms with Crippen LogP contribution < -0.4 is 19.5 Å². The Hall–Kier alpha value is -4.90. The second kappa shape index (κ2) is 14.3. The molecule has 0 unspecified atom stereocenters. The third kappa shape index (κ3) is 8.79. The van der Waals surface area contributed by atoms with Crippen molar-refractivity contribution < 1.29 is 31.9 Å². The zero-order chi connectivity index (χ0) is 30.8. The van der Waals surface area contributed by atoms with Gasteiger partial charge in [-0.3, -0.25) is 14.3 Å². The number of carbonyl (C=O) groups is 2. The van der Waals surface area contributed by atoms with Gasteiger partial charge >= 0.3 is 0 Å². The summed E-state index contributed by atoms with van der Waals surface area (Å²) in [6, 6.07) is 26.3. The molecule has 0 aromatic heterocycles. The van der Waals surface area contributed by atoms with Crippen molar-refractivity contribution >= 4 is 27.5 Å². The maximum absolute atomic E-state index is 13.4. The molecule has 2 amide bonds. The van der Waals surface area contributed by atoms with E-state index in [0.717, 1.165) is 23.3 Å². The molecule has 43 heavy (non-hydrogen) atoms. The first-order chi connectivity index (χ1) is 20.6. The summed E-state index contributed by atoms with van der Waals surface area (Å²) in [5, 5.41) is 2.88. The van der Waals surface area contributed by atoms with Crippen LogP contribution in [0.15, 0.2) is 108 Å². The topological polar surface area (TPSA) is 114 Å². The molecular weight excluding hydrogens is 573 g/mol. The maximum Gasteiger partial charge on any atom is 0.261 e.